The lowest BCUT2D eigenvalue weighted by molar-refractivity contribution is -0.0509. The van der Waals surface area contributed by atoms with Crippen LogP contribution in [0.5, 0.6) is 5.75 Å². The van der Waals surface area contributed by atoms with Crippen LogP contribution in [0.15, 0.2) is 55.8 Å². The fraction of sp³-hybridized carbons (Fsp3) is 0.381. The predicted octanol–water partition coefficient (Wildman–Crippen LogP) is 3.78. The van der Waals surface area contributed by atoms with Crippen LogP contribution in [0, 0.1) is 0 Å². The summed E-state index contributed by atoms with van der Waals surface area (Å²) in [6, 6.07) is 6.71. The van der Waals surface area contributed by atoms with Gasteiger partial charge < -0.3 is 23.8 Å². The third kappa shape index (κ3) is 4.59. The molecule has 1 aromatic carbocycles. The summed E-state index contributed by atoms with van der Waals surface area (Å²) >= 11 is 0. The Hall–Kier alpha value is -2.57. The van der Waals surface area contributed by atoms with E-state index in [1.807, 2.05) is 25.1 Å². The Bertz CT molecular complexity index is 1020. The molecule has 6 heteroatoms. The Labute approximate surface area is 156 Å². The van der Waals surface area contributed by atoms with E-state index in [1.165, 1.54) is 6.07 Å². The first kappa shape index (κ1) is 19.2. The molecule has 2 N–H and O–H groups in total. The summed E-state index contributed by atoms with van der Waals surface area (Å²) in [6.07, 6.45) is 3.79. The Morgan fingerprint density at radius 2 is 2.07 bits per heavy atom. The van der Waals surface area contributed by atoms with Gasteiger partial charge in [0.2, 0.25) is 0 Å². The third-order valence-electron chi connectivity index (χ3n) is 4.58. The van der Waals surface area contributed by atoms with E-state index in [-0.39, 0.29) is 6.61 Å². The van der Waals surface area contributed by atoms with E-state index in [9.17, 15) is 15.0 Å². The third-order valence-corrected chi connectivity index (χ3v) is 4.58. The second-order valence-electron chi connectivity index (χ2n) is 7.31. The van der Waals surface area contributed by atoms with Crippen molar-refractivity contribution >= 4 is 21.9 Å². The van der Waals surface area contributed by atoms with Crippen molar-refractivity contribution in [1.82, 2.24) is 0 Å². The summed E-state index contributed by atoms with van der Waals surface area (Å²) in [5.74, 6) is 0.449. The molecule has 1 atom stereocenters. The first-order valence-electron chi connectivity index (χ1n) is 8.88. The van der Waals surface area contributed by atoms with Crippen LogP contribution >= 0.6 is 0 Å². The van der Waals surface area contributed by atoms with E-state index in [4.69, 9.17) is 13.6 Å². The summed E-state index contributed by atoms with van der Waals surface area (Å²) < 4.78 is 16.4. The zero-order chi connectivity index (χ0) is 19.6. The maximum absolute atomic E-state index is 11.8. The smallest absolute Gasteiger partial charge is 0.339 e. The molecule has 0 fully saturated rings. The van der Waals surface area contributed by atoms with E-state index >= 15 is 0 Å². The lowest BCUT2D eigenvalue weighted by Gasteiger charge is -2.24. The Balaban J connectivity index is 1.72. The number of allylic oxidation sites excluding steroid dienone is 1. The van der Waals surface area contributed by atoms with Gasteiger partial charge in [0.1, 0.15) is 23.5 Å². The van der Waals surface area contributed by atoms with Gasteiger partial charge in [-0.25, -0.2) is 4.79 Å². The zero-order valence-electron chi connectivity index (χ0n) is 15.7. The molecule has 0 saturated carbocycles. The minimum atomic E-state index is -1.12. The molecular weight excluding hydrogens is 348 g/mol. The topological polar surface area (TPSA) is 93.0 Å². The van der Waals surface area contributed by atoms with Gasteiger partial charge in [0, 0.05) is 11.5 Å². The van der Waals surface area contributed by atoms with Gasteiger partial charge >= 0.3 is 5.63 Å². The summed E-state index contributed by atoms with van der Waals surface area (Å²) in [6.45, 7) is 5.39. The second-order valence-corrected chi connectivity index (χ2v) is 7.31. The van der Waals surface area contributed by atoms with Gasteiger partial charge in [-0.05, 0) is 51.8 Å². The highest BCUT2D eigenvalue weighted by atomic mass is 16.5. The number of hydrogen-bond donors (Lipinski definition) is 2. The minimum absolute atomic E-state index is 0.284. The summed E-state index contributed by atoms with van der Waals surface area (Å²) in [5, 5.41) is 21.3. The Morgan fingerprint density at radius 3 is 2.81 bits per heavy atom. The highest BCUT2D eigenvalue weighted by Gasteiger charge is 2.23. The molecule has 0 spiro atoms. The van der Waals surface area contributed by atoms with Gasteiger partial charge in [-0.3, -0.25) is 0 Å². The molecule has 2 heterocycles. The van der Waals surface area contributed by atoms with Crippen molar-refractivity contribution in [3.63, 3.8) is 0 Å². The normalized spacial score (nSPS) is 14.0. The molecule has 3 aromatic rings. The molecule has 0 radical (unpaired) electrons. The lowest BCUT2D eigenvalue weighted by atomic mass is 9.96. The monoisotopic (exact) mass is 372 g/mol. The van der Waals surface area contributed by atoms with Crippen LogP contribution in [0.4, 0.5) is 0 Å². The number of benzene rings is 1. The van der Waals surface area contributed by atoms with Crippen molar-refractivity contribution in [2.45, 2.75) is 45.3 Å². The minimum Gasteiger partial charge on any atom is -0.488 e. The Kier molecular flexibility index (Phi) is 5.39. The van der Waals surface area contributed by atoms with E-state index < -0.39 is 17.3 Å². The Morgan fingerprint density at radius 1 is 1.30 bits per heavy atom. The largest absolute Gasteiger partial charge is 0.488 e. The van der Waals surface area contributed by atoms with Crippen molar-refractivity contribution in [2.75, 3.05) is 6.61 Å². The molecule has 0 bridgehead atoms. The quantitative estimate of drug-likeness (QED) is 0.484. The summed E-state index contributed by atoms with van der Waals surface area (Å²) in [7, 11) is 0. The number of aliphatic hydroxyl groups is 2. The molecule has 6 nitrogen and oxygen atoms in total. The van der Waals surface area contributed by atoms with Crippen molar-refractivity contribution in [2.24, 2.45) is 0 Å². The first-order chi connectivity index (χ1) is 12.7. The number of aliphatic hydroxyl groups excluding tert-OH is 1. The molecule has 0 aliphatic carbocycles. The standard InChI is InChI=1S/C21H24O6/c1-13(4-5-19(22)21(2,3)24)6-8-26-17-12-20(23)27-18-11-16-14(7-9-25-16)10-15(17)18/h6-7,9-12,19,22,24H,4-5,8H2,1-3H3/b13-6+. The SMILES string of the molecule is C/C(=C\COc1cc(=O)oc2cc3occc3cc12)CCC(O)C(C)(C)O. The van der Waals surface area contributed by atoms with E-state index in [2.05, 4.69) is 0 Å². The second kappa shape index (κ2) is 7.58. The fourth-order valence-electron chi connectivity index (χ4n) is 2.80. The summed E-state index contributed by atoms with van der Waals surface area (Å²) in [5.41, 5.74) is 0.477. The molecule has 144 valence electrons. The van der Waals surface area contributed by atoms with Crippen molar-refractivity contribution < 1.29 is 23.8 Å². The summed E-state index contributed by atoms with van der Waals surface area (Å²) in [4.78, 5) is 11.8. The average molecular weight is 372 g/mol. The van der Waals surface area contributed by atoms with Gasteiger partial charge in [0.15, 0.2) is 0 Å². The number of furan rings is 1. The first-order valence-corrected chi connectivity index (χ1v) is 8.88. The van der Waals surface area contributed by atoms with Gasteiger partial charge in [-0.15, -0.1) is 0 Å². The highest BCUT2D eigenvalue weighted by Crippen LogP contribution is 2.29. The average Bonchev–Trinajstić information content (AvgIpc) is 3.04. The molecule has 0 aliphatic rings. The fourth-order valence-corrected chi connectivity index (χ4v) is 2.80. The zero-order valence-corrected chi connectivity index (χ0v) is 15.7. The predicted molar refractivity (Wildman–Crippen MR) is 103 cm³/mol. The molecule has 0 saturated heterocycles. The van der Waals surface area contributed by atoms with E-state index in [0.29, 0.717) is 35.1 Å². The van der Waals surface area contributed by atoms with Crippen LogP contribution in [0.3, 0.4) is 0 Å². The van der Waals surface area contributed by atoms with E-state index in [0.717, 1.165) is 11.0 Å². The molecule has 0 aliphatic heterocycles. The number of rotatable bonds is 7. The molecule has 27 heavy (non-hydrogen) atoms. The highest BCUT2D eigenvalue weighted by molar-refractivity contribution is 5.95. The van der Waals surface area contributed by atoms with E-state index in [1.54, 1.807) is 26.2 Å². The molecule has 3 rings (SSSR count). The van der Waals surface area contributed by atoms with Crippen LogP contribution in [0.2, 0.25) is 0 Å². The number of ether oxygens (including phenoxy) is 1. The maximum Gasteiger partial charge on any atom is 0.339 e. The number of fused-ring (bicyclic) bond motifs is 2. The van der Waals surface area contributed by atoms with Crippen LogP contribution in [-0.4, -0.2) is 28.5 Å². The van der Waals surface area contributed by atoms with Crippen LogP contribution in [0.1, 0.15) is 33.6 Å². The van der Waals surface area contributed by atoms with Crippen LogP contribution < -0.4 is 10.4 Å². The van der Waals surface area contributed by atoms with Gasteiger partial charge in [0.05, 0.1) is 29.4 Å². The molecule has 2 aromatic heterocycles. The van der Waals surface area contributed by atoms with Gasteiger partial charge in [-0.2, -0.15) is 0 Å². The lowest BCUT2D eigenvalue weighted by Crippen LogP contribution is -2.35. The van der Waals surface area contributed by atoms with Gasteiger partial charge in [0.25, 0.3) is 0 Å². The van der Waals surface area contributed by atoms with Crippen molar-refractivity contribution in [3.8, 4) is 5.75 Å². The molecule has 1 unspecified atom stereocenters. The number of hydrogen-bond acceptors (Lipinski definition) is 6. The van der Waals surface area contributed by atoms with Gasteiger partial charge in [-0.1, -0.05) is 5.57 Å². The van der Waals surface area contributed by atoms with Crippen LogP contribution in [0.25, 0.3) is 21.9 Å². The molecular formula is C21H24O6. The van der Waals surface area contributed by atoms with Crippen LogP contribution in [-0.2, 0) is 0 Å². The maximum atomic E-state index is 11.8. The van der Waals surface area contributed by atoms with Crippen molar-refractivity contribution in [3.05, 3.63) is 52.6 Å². The van der Waals surface area contributed by atoms with Crippen molar-refractivity contribution in [1.29, 1.82) is 0 Å². The molecule has 0 amide bonds.